The molecule has 16 heavy (non-hydrogen) atoms. The van der Waals surface area contributed by atoms with E-state index in [-0.39, 0.29) is 12.6 Å². The van der Waals surface area contributed by atoms with Gasteiger partial charge in [-0.05, 0) is 30.5 Å². The van der Waals surface area contributed by atoms with Gasteiger partial charge in [-0.2, -0.15) is 17.9 Å². The van der Waals surface area contributed by atoms with Crippen LogP contribution in [0.2, 0.25) is 0 Å². The molecule has 0 atom stereocenters. The molecule has 1 aliphatic rings. The lowest BCUT2D eigenvalue weighted by atomic mass is 10.2. The van der Waals surface area contributed by atoms with Crippen LogP contribution < -0.4 is 15.2 Å². The molecule has 1 fully saturated rings. The van der Waals surface area contributed by atoms with E-state index >= 15 is 0 Å². The number of anilines is 1. The third-order valence-corrected chi connectivity index (χ3v) is 3.51. The second-order valence-corrected chi connectivity index (χ2v) is 5.49. The highest BCUT2D eigenvalue weighted by atomic mass is 32.2. The van der Waals surface area contributed by atoms with Crippen LogP contribution in [-0.4, -0.2) is 14.5 Å². The molecule has 0 aliphatic heterocycles. The first-order chi connectivity index (χ1) is 7.55. The summed E-state index contributed by atoms with van der Waals surface area (Å²) < 4.78 is 28.0. The molecular formula is C10H15N3O2S. The fourth-order valence-electron chi connectivity index (χ4n) is 1.28. The number of nitrogens with one attached hydrogen (secondary N) is 2. The van der Waals surface area contributed by atoms with Crippen molar-refractivity contribution in [3.63, 3.8) is 0 Å². The third kappa shape index (κ3) is 3.48. The Hall–Kier alpha value is -1.11. The summed E-state index contributed by atoms with van der Waals surface area (Å²) in [5, 5.41) is 0. The van der Waals surface area contributed by atoms with E-state index in [1.165, 1.54) is 0 Å². The molecule has 5 nitrogen and oxygen atoms in total. The van der Waals surface area contributed by atoms with Crippen molar-refractivity contribution in [2.75, 3.05) is 5.73 Å². The summed E-state index contributed by atoms with van der Waals surface area (Å²) in [6.45, 7) is 0.280. The Morgan fingerprint density at radius 3 is 2.44 bits per heavy atom. The quantitative estimate of drug-likeness (QED) is 0.651. The van der Waals surface area contributed by atoms with Gasteiger partial charge in [-0.25, -0.2) is 0 Å². The van der Waals surface area contributed by atoms with Gasteiger partial charge in [0.2, 0.25) is 0 Å². The van der Waals surface area contributed by atoms with Gasteiger partial charge in [-0.3, -0.25) is 0 Å². The van der Waals surface area contributed by atoms with Crippen molar-refractivity contribution in [2.24, 2.45) is 0 Å². The molecular weight excluding hydrogens is 226 g/mol. The van der Waals surface area contributed by atoms with Crippen molar-refractivity contribution >= 4 is 15.9 Å². The van der Waals surface area contributed by atoms with Gasteiger partial charge in [0.1, 0.15) is 0 Å². The zero-order valence-electron chi connectivity index (χ0n) is 8.81. The van der Waals surface area contributed by atoms with Crippen molar-refractivity contribution < 1.29 is 8.42 Å². The highest BCUT2D eigenvalue weighted by Crippen LogP contribution is 2.19. The van der Waals surface area contributed by atoms with Crippen LogP contribution in [0.5, 0.6) is 0 Å². The van der Waals surface area contributed by atoms with Gasteiger partial charge in [-0.15, -0.1) is 0 Å². The van der Waals surface area contributed by atoms with Crippen molar-refractivity contribution in [1.82, 2.24) is 9.44 Å². The molecule has 1 aliphatic carbocycles. The van der Waals surface area contributed by atoms with Crippen LogP contribution in [0.3, 0.4) is 0 Å². The van der Waals surface area contributed by atoms with E-state index in [1.807, 2.05) is 0 Å². The maximum absolute atomic E-state index is 11.5. The second-order valence-electron chi connectivity index (χ2n) is 3.96. The molecule has 0 unspecified atom stereocenters. The third-order valence-electron chi connectivity index (χ3n) is 2.35. The van der Waals surface area contributed by atoms with Crippen molar-refractivity contribution in [3.8, 4) is 0 Å². The van der Waals surface area contributed by atoms with Crippen molar-refractivity contribution in [1.29, 1.82) is 0 Å². The summed E-state index contributed by atoms with van der Waals surface area (Å²) in [5.74, 6) is 0. The normalized spacial score (nSPS) is 16.2. The van der Waals surface area contributed by atoms with E-state index in [0.29, 0.717) is 5.69 Å². The first-order valence-corrected chi connectivity index (χ1v) is 6.65. The summed E-state index contributed by atoms with van der Waals surface area (Å²) in [7, 11) is -3.36. The largest absolute Gasteiger partial charge is 0.399 e. The average molecular weight is 241 g/mol. The number of rotatable bonds is 5. The molecule has 0 spiro atoms. The van der Waals surface area contributed by atoms with Crippen LogP contribution >= 0.6 is 0 Å². The smallest absolute Gasteiger partial charge is 0.277 e. The number of hydrogen-bond donors (Lipinski definition) is 3. The van der Waals surface area contributed by atoms with Gasteiger partial charge in [0.25, 0.3) is 10.2 Å². The van der Waals surface area contributed by atoms with Crippen LogP contribution in [-0.2, 0) is 16.8 Å². The number of hydrogen-bond acceptors (Lipinski definition) is 3. The molecule has 0 radical (unpaired) electrons. The average Bonchev–Trinajstić information content (AvgIpc) is 3.00. The summed E-state index contributed by atoms with van der Waals surface area (Å²) in [6, 6.07) is 7.23. The Morgan fingerprint density at radius 2 is 1.88 bits per heavy atom. The number of benzene rings is 1. The minimum Gasteiger partial charge on any atom is -0.399 e. The minimum atomic E-state index is -3.36. The summed E-state index contributed by atoms with van der Waals surface area (Å²) >= 11 is 0. The molecule has 2 rings (SSSR count). The maximum Gasteiger partial charge on any atom is 0.277 e. The zero-order valence-corrected chi connectivity index (χ0v) is 9.63. The Kier molecular flexibility index (Phi) is 3.13. The molecule has 1 aromatic rings. The standard InChI is InChI=1S/C10H15N3O2S/c11-9-3-1-8(2-4-9)7-12-16(14,15)13-10-5-6-10/h1-4,10,12-13H,5-7,11H2. The van der Waals surface area contributed by atoms with E-state index in [9.17, 15) is 8.42 Å². The van der Waals surface area contributed by atoms with E-state index in [1.54, 1.807) is 24.3 Å². The summed E-state index contributed by atoms with van der Waals surface area (Å²) in [6.07, 6.45) is 1.87. The molecule has 0 heterocycles. The van der Waals surface area contributed by atoms with Crippen molar-refractivity contribution in [2.45, 2.75) is 25.4 Å². The lowest BCUT2D eigenvalue weighted by Crippen LogP contribution is -2.37. The number of nitrogen functional groups attached to an aromatic ring is 1. The summed E-state index contributed by atoms with van der Waals surface area (Å²) in [5.41, 5.74) is 7.09. The highest BCUT2D eigenvalue weighted by Gasteiger charge is 2.26. The van der Waals surface area contributed by atoms with E-state index in [2.05, 4.69) is 9.44 Å². The van der Waals surface area contributed by atoms with Gasteiger partial charge in [0, 0.05) is 18.3 Å². The van der Waals surface area contributed by atoms with E-state index < -0.39 is 10.2 Å². The predicted molar refractivity (Wildman–Crippen MR) is 62.8 cm³/mol. The lowest BCUT2D eigenvalue weighted by molar-refractivity contribution is 0.565. The molecule has 0 bridgehead atoms. The Labute approximate surface area is 95.2 Å². The molecule has 6 heteroatoms. The fraction of sp³-hybridized carbons (Fsp3) is 0.400. The topological polar surface area (TPSA) is 84.2 Å². The summed E-state index contributed by atoms with van der Waals surface area (Å²) in [4.78, 5) is 0. The van der Waals surface area contributed by atoms with Gasteiger partial charge in [0.05, 0.1) is 0 Å². The number of nitrogens with two attached hydrogens (primary N) is 1. The highest BCUT2D eigenvalue weighted by molar-refractivity contribution is 7.87. The molecule has 1 saturated carbocycles. The molecule has 0 amide bonds. The Balaban J connectivity index is 1.88. The predicted octanol–water partition coefficient (Wildman–Crippen LogP) is 0.355. The molecule has 0 saturated heterocycles. The minimum absolute atomic E-state index is 0.129. The van der Waals surface area contributed by atoms with Gasteiger partial charge in [0.15, 0.2) is 0 Å². The Morgan fingerprint density at radius 1 is 1.25 bits per heavy atom. The zero-order chi connectivity index (χ0) is 11.6. The van der Waals surface area contributed by atoms with Gasteiger partial charge >= 0.3 is 0 Å². The van der Waals surface area contributed by atoms with Crippen LogP contribution in [0.15, 0.2) is 24.3 Å². The Bertz CT molecular complexity index is 451. The van der Waals surface area contributed by atoms with Crippen LogP contribution in [0.1, 0.15) is 18.4 Å². The van der Waals surface area contributed by atoms with Gasteiger partial charge < -0.3 is 5.73 Å². The van der Waals surface area contributed by atoms with Crippen LogP contribution in [0.25, 0.3) is 0 Å². The monoisotopic (exact) mass is 241 g/mol. The van der Waals surface area contributed by atoms with Crippen LogP contribution in [0.4, 0.5) is 5.69 Å². The van der Waals surface area contributed by atoms with Gasteiger partial charge in [-0.1, -0.05) is 12.1 Å². The SMILES string of the molecule is Nc1ccc(CNS(=O)(=O)NC2CC2)cc1. The van der Waals surface area contributed by atoms with Crippen molar-refractivity contribution in [3.05, 3.63) is 29.8 Å². The van der Waals surface area contributed by atoms with E-state index in [0.717, 1.165) is 18.4 Å². The lowest BCUT2D eigenvalue weighted by Gasteiger charge is -2.07. The molecule has 4 N–H and O–H groups in total. The van der Waals surface area contributed by atoms with E-state index in [4.69, 9.17) is 5.73 Å². The first kappa shape index (κ1) is 11.4. The maximum atomic E-state index is 11.5. The molecule has 0 aromatic heterocycles. The van der Waals surface area contributed by atoms with Crippen LogP contribution in [0, 0.1) is 0 Å². The second kappa shape index (κ2) is 4.40. The first-order valence-electron chi connectivity index (χ1n) is 5.16. The molecule has 88 valence electrons. The molecule has 1 aromatic carbocycles. The fourth-order valence-corrected chi connectivity index (χ4v) is 2.39.